The monoisotopic (exact) mass is 330 g/mol. The van der Waals surface area contributed by atoms with Crippen LogP contribution in [0.2, 0.25) is 5.02 Å². The molecule has 1 atom stereocenters. The highest BCUT2D eigenvalue weighted by Crippen LogP contribution is 2.33. The Balaban J connectivity index is 2.10. The van der Waals surface area contributed by atoms with Gasteiger partial charge in [-0.3, -0.25) is 0 Å². The maximum atomic E-state index is 10.2. The quantitative estimate of drug-likeness (QED) is 0.748. The van der Waals surface area contributed by atoms with E-state index >= 15 is 0 Å². The summed E-state index contributed by atoms with van der Waals surface area (Å²) in [5.74, 6) is 0.0984. The molecule has 0 saturated heterocycles. The molecule has 0 aliphatic carbocycles. The average Bonchev–Trinajstić information content (AvgIpc) is 2.88. The second-order valence-corrected chi connectivity index (χ2v) is 7.15. The van der Waals surface area contributed by atoms with Gasteiger partial charge in [0.15, 0.2) is 0 Å². The van der Waals surface area contributed by atoms with Crippen LogP contribution in [0.1, 0.15) is 32.4 Å². The largest absolute Gasteiger partial charge is 0.506 e. The predicted molar refractivity (Wildman–Crippen MR) is 91.9 cm³/mol. The summed E-state index contributed by atoms with van der Waals surface area (Å²) in [4.78, 5) is 1.41. The highest BCUT2D eigenvalue weighted by atomic mass is 35.5. The molecule has 6 heteroatoms. The third-order valence-corrected chi connectivity index (χ3v) is 4.08. The van der Waals surface area contributed by atoms with Crippen LogP contribution in [0.3, 0.4) is 0 Å². The van der Waals surface area contributed by atoms with Gasteiger partial charge in [0.1, 0.15) is 22.5 Å². The Morgan fingerprint density at radius 3 is 2.48 bits per heavy atom. The van der Waals surface area contributed by atoms with Crippen molar-refractivity contribution < 1.29 is 5.11 Å². The van der Waals surface area contributed by atoms with Crippen molar-refractivity contribution in [3.05, 3.63) is 47.0 Å². The van der Waals surface area contributed by atoms with Crippen molar-refractivity contribution in [2.24, 2.45) is 11.1 Å². The second-order valence-electron chi connectivity index (χ2n) is 6.71. The van der Waals surface area contributed by atoms with Crippen molar-refractivity contribution in [2.45, 2.75) is 26.8 Å². The lowest BCUT2D eigenvalue weighted by atomic mass is 9.83. The molecule has 0 saturated carbocycles. The first kappa shape index (κ1) is 15.8. The van der Waals surface area contributed by atoms with Gasteiger partial charge >= 0.3 is 0 Å². The van der Waals surface area contributed by atoms with Gasteiger partial charge in [-0.1, -0.05) is 38.4 Å². The molecule has 0 aliphatic heterocycles. The number of phenols is 1. The SMILES string of the molecule is CC(C)(C)C(N)c1ccc(O)c(-n2nc3ccc(Cl)cc3n2)c1. The van der Waals surface area contributed by atoms with Crippen LogP contribution in [-0.2, 0) is 0 Å². The summed E-state index contributed by atoms with van der Waals surface area (Å²) in [7, 11) is 0. The van der Waals surface area contributed by atoms with Gasteiger partial charge in [0.05, 0.1) is 0 Å². The van der Waals surface area contributed by atoms with E-state index in [1.807, 2.05) is 12.1 Å². The number of nitrogens with zero attached hydrogens (tertiary/aromatic N) is 3. The summed E-state index contributed by atoms with van der Waals surface area (Å²) in [6.45, 7) is 6.23. The van der Waals surface area contributed by atoms with Gasteiger partial charge in [-0.2, -0.15) is 0 Å². The molecule has 1 unspecified atom stereocenters. The van der Waals surface area contributed by atoms with E-state index in [4.69, 9.17) is 17.3 Å². The van der Waals surface area contributed by atoms with Crippen molar-refractivity contribution in [1.29, 1.82) is 0 Å². The molecule has 3 rings (SSSR count). The van der Waals surface area contributed by atoms with Crippen LogP contribution in [0.5, 0.6) is 5.75 Å². The van der Waals surface area contributed by atoms with E-state index in [0.717, 1.165) is 5.56 Å². The van der Waals surface area contributed by atoms with Gasteiger partial charge in [0.2, 0.25) is 0 Å². The minimum atomic E-state index is -0.165. The number of fused-ring (bicyclic) bond motifs is 1. The molecular formula is C17H19ClN4O. The minimum absolute atomic E-state index is 0.0932. The molecular weight excluding hydrogens is 312 g/mol. The number of aromatic nitrogens is 3. The van der Waals surface area contributed by atoms with Crippen molar-refractivity contribution in [2.75, 3.05) is 0 Å². The molecule has 0 fully saturated rings. The fourth-order valence-corrected chi connectivity index (χ4v) is 2.56. The van der Waals surface area contributed by atoms with Crippen LogP contribution >= 0.6 is 11.6 Å². The van der Waals surface area contributed by atoms with Crippen LogP contribution < -0.4 is 5.73 Å². The fraction of sp³-hybridized carbons (Fsp3) is 0.294. The zero-order valence-corrected chi connectivity index (χ0v) is 14.0. The zero-order chi connectivity index (χ0) is 16.8. The molecule has 1 heterocycles. The topological polar surface area (TPSA) is 77.0 Å². The average molecular weight is 331 g/mol. The number of phenolic OH excluding ortho intramolecular Hbond substituents is 1. The maximum absolute atomic E-state index is 10.2. The first-order valence-corrected chi connectivity index (χ1v) is 7.75. The molecule has 0 aliphatic rings. The third-order valence-electron chi connectivity index (χ3n) is 3.85. The number of nitrogens with two attached hydrogens (primary N) is 1. The Labute approximate surface area is 139 Å². The smallest absolute Gasteiger partial charge is 0.143 e. The van der Waals surface area contributed by atoms with Crippen LogP contribution in [0, 0.1) is 5.41 Å². The molecule has 23 heavy (non-hydrogen) atoms. The van der Waals surface area contributed by atoms with E-state index in [1.54, 1.807) is 24.3 Å². The normalized spacial score (nSPS) is 13.4. The van der Waals surface area contributed by atoms with Crippen molar-refractivity contribution >= 4 is 22.6 Å². The van der Waals surface area contributed by atoms with Crippen LogP contribution in [0.15, 0.2) is 36.4 Å². The number of hydrogen-bond acceptors (Lipinski definition) is 4. The molecule has 0 spiro atoms. The van der Waals surface area contributed by atoms with Gasteiger partial charge in [-0.15, -0.1) is 15.0 Å². The summed E-state index contributed by atoms with van der Waals surface area (Å²) in [5, 5.41) is 19.6. The van der Waals surface area contributed by atoms with E-state index in [0.29, 0.717) is 21.7 Å². The van der Waals surface area contributed by atoms with Gasteiger partial charge < -0.3 is 10.8 Å². The first-order chi connectivity index (χ1) is 10.8. The van der Waals surface area contributed by atoms with E-state index in [-0.39, 0.29) is 17.2 Å². The lowest BCUT2D eigenvalue weighted by molar-refractivity contribution is 0.326. The van der Waals surface area contributed by atoms with Crippen LogP contribution in [0.4, 0.5) is 0 Å². The van der Waals surface area contributed by atoms with Crippen molar-refractivity contribution in [3.63, 3.8) is 0 Å². The number of aromatic hydroxyl groups is 1. The molecule has 3 aromatic rings. The van der Waals surface area contributed by atoms with Gasteiger partial charge in [0, 0.05) is 11.1 Å². The molecule has 120 valence electrons. The van der Waals surface area contributed by atoms with Gasteiger partial charge in [-0.25, -0.2) is 0 Å². The lowest BCUT2D eigenvalue weighted by Crippen LogP contribution is -2.26. The number of hydrogen-bond donors (Lipinski definition) is 2. The Hall–Kier alpha value is -2.11. The third kappa shape index (κ3) is 3.02. The molecule has 0 radical (unpaired) electrons. The van der Waals surface area contributed by atoms with Crippen LogP contribution in [-0.4, -0.2) is 20.1 Å². The summed E-state index contributed by atoms with van der Waals surface area (Å²) in [6.07, 6.45) is 0. The summed E-state index contributed by atoms with van der Waals surface area (Å²) in [5.41, 5.74) is 9.01. The minimum Gasteiger partial charge on any atom is -0.506 e. The van der Waals surface area contributed by atoms with E-state index in [9.17, 15) is 5.11 Å². The molecule has 0 bridgehead atoms. The van der Waals surface area contributed by atoms with Gasteiger partial charge in [0.25, 0.3) is 0 Å². The Morgan fingerprint density at radius 2 is 1.78 bits per heavy atom. The highest BCUT2D eigenvalue weighted by Gasteiger charge is 2.23. The second kappa shape index (κ2) is 5.51. The Morgan fingerprint density at radius 1 is 1.09 bits per heavy atom. The molecule has 0 amide bonds. The molecule has 1 aromatic heterocycles. The number of benzene rings is 2. The Kier molecular flexibility index (Phi) is 3.78. The molecule has 5 nitrogen and oxygen atoms in total. The zero-order valence-electron chi connectivity index (χ0n) is 13.3. The molecule has 3 N–H and O–H groups in total. The maximum Gasteiger partial charge on any atom is 0.143 e. The highest BCUT2D eigenvalue weighted by molar-refractivity contribution is 6.31. The summed E-state index contributed by atoms with van der Waals surface area (Å²) in [6, 6.07) is 10.4. The van der Waals surface area contributed by atoms with E-state index < -0.39 is 0 Å². The summed E-state index contributed by atoms with van der Waals surface area (Å²) < 4.78 is 0. The lowest BCUT2D eigenvalue weighted by Gasteiger charge is -2.27. The summed E-state index contributed by atoms with van der Waals surface area (Å²) >= 11 is 5.98. The standard InChI is InChI=1S/C17H19ClN4O/c1-17(2,3)16(19)10-4-7-15(23)14(8-10)22-20-12-6-5-11(18)9-13(12)21-22/h4-9,16,23H,19H2,1-3H3. The van der Waals surface area contributed by atoms with Crippen LogP contribution in [0.25, 0.3) is 16.7 Å². The van der Waals surface area contributed by atoms with Gasteiger partial charge in [-0.05, 0) is 41.3 Å². The fourth-order valence-electron chi connectivity index (χ4n) is 2.39. The van der Waals surface area contributed by atoms with Crippen molar-refractivity contribution in [1.82, 2.24) is 15.0 Å². The molecule has 2 aromatic carbocycles. The Bertz CT molecular complexity index is 867. The van der Waals surface area contributed by atoms with Crippen molar-refractivity contribution in [3.8, 4) is 11.4 Å². The van der Waals surface area contributed by atoms with E-state index in [1.165, 1.54) is 4.80 Å². The number of halogens is 1. The number of rotatable bonds is 2. The van der Waals surface area contributed by atoms with E-state index in [2.05, 4.69) is 31.0 Å². The first-order valence-electron chi connectivity index (χ1n) is 7.37. The predicted octanol–water partition coefficient (Wildman–Crippen LogP) is 3.83.